The molecule has 4 aromatic rings. The standard InChI is InChI=1S/C30H33N7O2/c1-4-26(38)33-24-7-5-6-21(18-24)27-28-22(12-13-31-27)19-32-29(35-28)34-23-8-10-25(11-9-23)37-16-14-36(15-17-37)20-30(2,3)39/h4-13,18-19,39H,1,14-17,20H2,2-3H3,(H,33,38)(H,32,34,35). The van der Waals surface area contributed by atoms with Gasteiger partial charge in [0.2, 0.25) is 11.9 Å². The first kappa shape index (κ1) is 26.3. The van der Waals surface area contributed by atoms with E-state index in [0.717, 1.165) is 48.5 Å². The van der Waals surface area contributed by atoms with Crippen LogP contribution in [0.15, 0.2) is 79.6 Å². The van der Waals surface area contributed by atoms with E-state index in [1.54, 1.807) is 12.4 Å². The summed E-state index contributed by atoms with van der Waals surface area (Å²) in [6, 6.07) is 17.6. The molecule has 0 spiro atoms. The Hall–Kier alpha value is -4.34. The molecule has 0 unspecified atom stereocenters. The molecule has 2 aromatic carbocycles. The van der Waals surface area contributed by atoms with Gasteiger partial charge in [-0.15, -0.1) is 0 Å². The number of hydrogen-bond acceptors (Lipinski definition) is 8. The Morgan fingerprint density at radius 3 is 2.54 bits per heavy atom. The van der Waals surface area contributed by atoms with E-state index in [4.69, 9.17) is 4.98 Å². The highest BCUT2D eigenvalue weighted by Crippen LogP contribution is 2.28. The van der Waals surface area contributed by atoms with Crippen molar-refractivity contribution in [3.05, 3.63) is 79.6 Å². The van der Waals surface area contributed by atoms with Crippen molar-refractivity contribution in [1.29, 1.82) is 0 Å². The van der Waals surface area contributed by atoms with Crippen LogP contribution in [0.5, 0.6) is 0 Å². The third-order valence-electron chi connectivity index (χ3n) is 6.56. The quantitative estimate of drug-likeness (QED) is 0.291. The molecule has 1 fully saturated rings. The fourth-order valence-electron chi connectivity index (χ4n) is 4.76. The van der Waals surface area contributed by atoms with Gasteiger partial charge in [-0.05, 0) is 62.4 Å². The molecule has 9 heteroatoms. The van der Waals surface area contributed by atoms with E-state index in [2.05, 4.69) is 49.1 Å². The first-order valence-corrected chi connectivity index (χ1v) is 13.0. The van der Waals surface area contributed by atoms with Crippen molar-refractivity contribution in [3.8, 4) is 11.3 Å². The number of aliphatic hydroxyl groups is 1. The highest BCUT2D eigenvalue weighted by molar-refractivity contribution is 5.99. The summed E-state index contributed by atoms with van der Waals surface area (Å²) in [5.41, 5.74) is 4.27. The molecule has 9 nitrogen and oxygen atoms in total. The molecular formula is C30H33N7O2. The number of rotatable bonds is 8. The van der Waals surface area contributed by atoms with Crippen LogP contribution < -0.4 is 15.5 Å². The number of pyridine rings is 1. The number of anilines is 4. The molecule has 3 heterocycles. The Kier molecular flexibility index (Phi) is 7.53. The Morgan fingerprint density at radius 2 is 1.82 bits per heavy atom. The maximum atomic E-state index is 11.7. The van der Waals surface area contributed by atoms with Crippen LogP contribution in [0.25, 0.3) is 22.2 Å². The molecule has 0 atom stereocenters. The van der Waals surface area contributed by atoms with Crippen LogP contribution in [0, 0.1) is 0 Å². The number of piperazine rings is 1. The molecule has 0 bridgehead atoms. The van der Waals surface area contributed by atoms with Crippen molar-refractivity contribution in [2.24, 2.45) is 0 Å². The zero-order valence-corrected chi connectivity index (χ0v) is 22.3. The molecule has 0 radical (unpaired) electrons. The average molecular weight is 524 g/mol. The van der Waals surface area contributed by atoms with E-state index < -0.39 is 5.60 Å². The van der Waals surface area contributed by atoms with Gasteiger partial charge in [-0.25, -0.2) is 9.97 Å². The second kappa shape index (κ2) is 11.2. The first-order chi connectivity index (χ1) is 18.8. The molecule has 1 aliphatic heterocycles. The average Bonchev–Trinajstić information content (AvgIpc) is 2.93. The number of benzene rings is 2. The van der Waals surface area contributed by atoms with Crippen LogP contribution in [-0.4, -0.2) is 69.2 Å². The molecule has 2 aromatic heterocycles. The van der Waals surface area contributed by atoms with Gasteiger partial charge in [0.05, 0.1) is 11.3 Å². The van der Waals surface area contributed by atoms with Crippen LogP contribution >= 0.6 is 0 Å². The van der Waals surface area contributed by atoms with Gasteiger partial charge in [-0.2, -0.15) is 0 Å². The number of aromatic nitrogens is 3. The third-order valence-corrected chi connectivity index (χ3v) is 6.56. The summed E-state index contributed by atoms with van der Waals surface area (Å²) in [6.07, 6.45) is 4.74. The molecule has 0 aliphatic carbocycles. The zero-order chi connectivity index (χ0) is 27.4. The van der Waals surface area contributed by atoms with E-state index >= 15 is 0 Å². The molecule has 0 saturated carbocycles. The normalized spacial score (nSPS) is 14.3. The second-order valence-corrected chi connectivity index (χ2v) is 10.3. The van der Waals surface area contributed by atoms with Gasteiger partial charge in [0.15, 0.2) is 0 Å². The van der Waals surface area contributed by atoms with Gasteiger partial charge < -0.3 is 20.6 Å². The Morgan fingerprint density at radius 1 is 1.05 bits per heavy atom. The first-order valence-electron chi connectivity index (χ1n) is 13.0. The monoisotopic (exact) mass is 523 g/mol. The summed E-state index contributed by atoms with van der Waals surface area (Å²) in [5.74, 6) is 0.201. The molecule has 3 N–H and O–H groups in total. The van der Waals surface area contributed by atoms with Crippen molar-refractivity contribution < 1.29 is 9.90 Å². The molecule has 5 rings (SSSR count). The van der Waals surface area contributed by atoms with Gasteiger partial charge in [0.1, 0.15) is 5.52 Å². The highest BCUT2D eigenvalue weighted by atomic mass is 16.3. The predicted molar refractivity (Wildman–Crippen MR) is 156 cm³/mol. The van der Waals surface area contributed by atoms with Crippen LogP contribution in [0.3, 0.4) is 0 Å². The minimum absolute atomic E-state index is 0.272. The van der Waals surface area contributed by atoms with Crippen LogP contribution in [0.1, 0.15) is 13.8 Å². The zero-order valence-electron chi connectivity index (χ0n) is 22.3. The van der Waals surface area contributed by atoms with Crippen LogP contribution in [-0.2, 0) is 4.79 Å². The summed E-state index contributed by atoms with van der Waals surface area (Å²) < 4.78 is 0. The Bertz CT molecular complexity index is 1470. The van der Waals surface area contributed by atoms with Gasteiger partial charge >= 0.3 is 0 Å². The number of nitrogens with one attached hydrogen (secondary N) is 2. The van der Waals surface area contributed by atoms with Crippen LogP contribution in [0.2, 0.25) is 0 Å². The maximum absolute atomic E-state index is 11.7. The van der Waals surface area contributed by atoms with E-state index in [0.29, 0.717) is 29.4 Å². The van der Waals surface area contributed by atoms with Crippen molar-refractivity contribution in [1.82, 2.24) is 19.9 Å². The molecule has 200 valence electrons. The molecule has 39 heavy (non-hydrogen) atoms. The summed E-state index contributed by atoms with van der Waals surface area (Å²) >= 11 is 0. The summed E-state index contributed by atoms with van der Waals surface area (Å²) in [4.78, 5) is 30.3. The second-order valence-electron chi connectivity index (χ2n) is 10.3. The smallest absolute Gasteiger partial charge is 0.247 e. The van der Waals surface area contributed by atoms with E-state index in [-0.39, 0.29) is 5.91 Å². The number of β-amino-alcohol motifs (C(OH)–C–C–N with tert-alkyl or cyclic N) is 1. The Balaban J connectivity index is 1.30. The maximum Gasteiger partial charge on any atom is 0.247 e. The fraction of sp³-hybridized carbons (Fsp3) is 0.267. The Labute approximate surface area is 228 Å². The lowest BCUT2D eigenvalue weighted by Gasteiger charge is -2.38. The van der Waals surface area contributed by atoms with Gasteiger partial charge in [0, 0.05) is 73.1 Å². The van der Waals surface area contributed by atoms with E-state index in [1.165, 1.54) is 6.08 Å². The lowest BCUT2D eigenvalue weighted by Crippen LogP contribution is -2.50. The summed E-state index contributed by atoms with van der Waals surface area (Å²) in [7, 11) is 0. The fourth-order valence-corrected chi connectivity index (χ4v) is 4.76. The number of hydrogen-bond donors (Lipinski definition) is 3. The number of amides is 1. The summed E-state index contributed by atoms with van der Waals surface area (Å²) in [6.45, 7) is 11.6. The van der Waals surface area contributed by atoms with Gasteiger partial charge in [-0.1, -0.05) is 18.7 Å². The van der Waals surface area contributed by atoms with Crippen molar-refractivity contribution in [2.75, 3.05) is 48.3 Å². The lowest BCUT2D eigenvalue weighted by atomic mass is 10.1. The lowest BCUT2D eigenvalue weighted by molar-refractivity contribution is -0.111. The van der Waals surface area contributed by atoms with Gasteiger partial charge in [0.25, 0.3) is 0 Å². The number of carbonyl (C=O) groups is 1. The molecular weight excluding hydrogens is 490 g/mol. The minimum Gasteiger partial charge on any atom is -0.389 e. The SMILES string of the molecule is C=CC(=O)Nc1cccc(-c2nccc3cnc(Nc4ccc(N5CCN(CC(C)(C)O)CC5)cc4)nc23)c1. The number of nitrogens with zero attached hydrogens (tertiary/aromatic N) is 5. The topological polar surface area (TPSA) is 107 Å². The predicted octanol–water partition coefficient (Wildman–Crippen LogP) is 4.45. The molecule has 1 aliphatic rings. The van der Waals surface area contributed by atoms with Crippen molar-refractivity contribution >= 4 is 39.8 Å². The van der Waals surface area contributed by atoms with E-state index in [9.17, 15) is 9.90 Å². The number of fused-ring (bicyclic) bond motifs is 1. The van der Waals surface area contributed by atoms with Crippen LogP contribution in [0.4, 0.5) is 23.0 Å². The minimum atomic E-state index is -0.676. The largest absolute Gasteiger partial charge is 0.389 e. The summed E-state index contributed by atoms with van der Waals surface area (Å²) in [5, 5.41) is 17.1. The van der Waals surface area contributed by atoms with Gasteiger partial charge in [-0.3, -0.25) is 14.7 Å². The van der Waals surface area contributed by atoms with E-state index in [1.807, 2.05) is 56.3 Å². The molecule has 1 saturated heterocycles. The molecule has 1 amide bonds. The van der Waals surface area contributed by atoms with Crippen molar-refractivity contribution in [3.63, 3.8) is 0 Å². The number of carbonyl (C=O) groups excluding carboxylic acids is 1. The van der Waals surface area contributed by atoms with Crippen molar-refractivity contribution in [2.45, 2.75) is 19.4 Å². The third kappa shape index (κ3) is 6.57. The highest BCUT2D eigenvalue weighted by Gasteiger charge is 2.22.